The second-order valence-electron chi connectivity index (χ2n) is 1.13. The molecule has 0 heterocycles. The molecule has 0 bridgehead atoms. The Hall–Kier alpha value is -1.33. The van der Waals surface area contributed by atoms with Crippen molar-refractivity contribution < 1.29 is 4.79 Å². The Labute approximate surface area is 61.5 Å². The van der Waals surface area contributed by atoms with E-state index < -0.39 is 0 Å². The maximum atomic E-state index is 3.47. The van der Waals surface area contributed by atoms with Gasteiger partial charge in [0.1, 0.15) is 7.05 Å². The normalized spacial score (nSPS) is 4.80. The summed E-state index contributed by atoms with van der Waals surface area (Å²) in [5.74, 6) is 0. The molecule has 0 saturated heterocycles. The van der Waals surface area contributed by atoms with Gasteiger partial charge in [-0.15, -0.1) is 0 Å². The minimum Gasteiger partial charge on any atom is -0.0841 e. The quantitative estimate of drug-likeness (QED) is 0.231. The molecule has 0 rings (SSSR count). The Kier molecular flexibility index (Phi) is 17.9. The van der Waals surface area contributed by atoms with Gasteiger partial charge in [0.25, 0.3) is 0 Å². The van der Waals surface area contributed by atoms with Gasteiger partial charge in [0, 0.05) is 11.7 Å². The molecular formula is C6H14N4+2. The number of nitrogens with zero attached hydrogens (tertiary/aromatic N) is 3. The van der Waals surface area contributed by atoms with Crippen molar-refractivity contribution in [3.8, 4) is 6.07 Å². The summed E-state index contributed by atoms with van der Waals surface area (Å²) >= 11 is 0. The molecule has 1 N–H and O–H groups in total. The predicted molar refractivity (Wildman–Crippen MR) is 42.3 cm³/mol. The minimum atomic E-state index is 1.64. The monoisotopic (exact) mass is 142 g/mol. The minimum absolute atomic E-state index is 1.64. The van der Waals surface area contributed by atoms with Crippen molar-refractivity contribution >= 4 is 6.21 Å². The van der Waals surface area contributed by atoms with Crippen LogP contribution in [0.1, 0.15) is 13.8 Å². The standard InChI is InChI=1S/2C3H7N2/c2*1-3-5-4-2/h4H,1-2H3;3H,1-2H3/q2*+1. The smallest absolute Gasteiger partial charge is 0.0841 e. The summed E-state index contributed by atoms with van der Waals surface area (Å²) < 4.78 is 0. The van der Waals surface area contributed by atoms with Crippen molar-refractivity contribution in [1.29, 1.82) is 0 Å². The molecule has 0 aromatic heterocycles. The van der Waals surface area contributed by atoms with Gasteiger partial charge < -0.3 is 0 Å². The molecular weight excluding hydrogens is 128 g/mol. The molecule has 0 aromatic carbocycles. The highest BCUT2D eigenvalue weighted by atomic mass is 15.2. The van der Waals surface area contributed by atoms with E-state index in [1.54, 1.807) is 27.2 Å². The fourth-order valence-corrected chi connectivity index (χ4v) is 0.227. The zero-order valence-electron chi connectivity index (χ0n) is 6.92. The second kappa shape index (κ2) is 15.6. The molecule has 0 saturated carbocycles. The third-order valence-electron chi connectivity index (χ3n) is 0.455. The summed E-state index contributed by atoms with van der Waals surface area (Å²) in [6.45, 7) is 3.56. The van der Waals surface area contributed by atoms with Crippen LogP contribution in [-0.4, -0.2) is 25.1 Å². The van der Waals surface area contributed by atoms with Gasteiger partial charge in [-0.1, -0.05) is 5.43 Å². The molecule has 0 spiro atoms. The summed E-state index contributed by atoms with van der Waals surface area (Å²) in [5, 5.41) is 3.42. The molecule has 4 nitrogen and oxygen atoms in total. The molecule has 0 atom stereocenters. The van der Waals surface area contributed by atoms with Gasteiger partial charge in [0.05, 0.1) is 24.0 Å². The van der Waals surface area contributed by atoms with Crippen LogP contribution < -0.4 is 5.43 Å². The molecule has 0 unspecified atom stereocenters. The van der Waals surface area contributed by atoms with Gasteiger partial charge >= 0.3 is 12.3 Å². The van der Waals surface area contributed by atoms with Gasteiger partial charge in [0.15, 0.2) is 0 Å². The molecule has 56 valence electrons. The summed E-state index contributed by atoms with van der Waals surface area (Å²) in [5.41, 5.74) is 2.53. The van der Waals surface area contributed by atoms with Crippen LogP contribution in [0.25, 0.3) is 4.95 Å². The lowest BCUT2D eigenvalue weighted by Gasteiger charge is -1.49. The van der Waals surface area contributed by atoms with Gasteiger partial charge in [-0.3, -0.25) is 0 Å². The maximum absolute atomic E-state index is 3.47. The van der Waals surface area contributed by atoms with Gasteiger partial charge in [-0.05, 0) is 0 Å². The largest absolute Gasteiger partial charge is 0.315 e. The Bertz CT molecular complexity index is 150. The average molecular weight is 142 g/mol. The molecule has 0 aromatic rings. The number of rotatable bonds is 0. The second-order valence-corrected chi connectivity index (χ2v) is 1.13. The van der Waals surface area contributed by atoms with Crippen molar-refractivity contribution in [1.82, 2.24) is 5.43 Å². The van der Waals surface area contributed by atoms with E-state index in [1.807, 2.05) is 6.92 Å². The van der Waals surface area contributed by atoms with E-state index in [2.05, 4.69) is 26.4 Å². The van der Waals surface area contributed by atoms with Crippen LogP contribution in [0.3, 0.4) is 0 Å². The number of hydrogen-bond donors (Lipinski definition) is 1. The highest BCUT2D eigenvalue weighted by Gasteiger charge is 1.60. The first-order chi connectivity index (χ1) is 4.83. The highest BCUT2D eigenvalue weighted by molar-refractivity contribution is 5.45. The van der Waals surface area contributed by atoms with Crippen molar-refractivity contribution in [2.24, 2.45) is 5.11 Å². The summed E-state index contributed by atoms with van der Waals surface area (Å²) in [6, 6.07) is 2.53. The van der Waals surface area contributed by atoms with E-state index in [0.717, 1.165) is 0 Å². The molecule has 0 aliphatic heterocycles. The first-order valence-corrected chi connectivity index (χ1v) is 2.93. The maximum Gasteiger partial charge on any atom is 0.315 e. The molecule has 4 heteroatoms. The Morgan fingerprint density at radius 3 is 2.20 bits per heavy atom. The van der Waals surface area contributed by atoms with Crippen molar-refractivity contribution in [2.45, 2.75) is 13.8 Å². The summed E-state index contributed by atoms with van der Waals surface area (Å²) in [6.07, 6.45) is 1.64. The van der Waals surface area contributed by atoms with E-state index in [4.69, 9.17) is 0 Å². The molecule has 0 aliphatic carbocycles. The van der Waals surface area contributed by atoms with E-state index in [-0.39, 0.29) is 0 Å². The predicted octanol–water partition coefficient (Wildman–Crippen LogP) is 0.841. The van der Waals surface area contributed by atoms with Crippen LogP contribution in [0.4, 0.5) is 0 Å². The molecule has 0 amide bonds. The highest BCUT2D eigenvalue weighted by Crippen LogP contribution is 1.44. The topological polar surface area (TPSA) is 42.9 Å². The van der Waals surface area contributed by atoms with Crippen LogP contribution in [0.2, 0.25) is 0 Å². The summed E-state index contributed by atoms with van der Waals surface area (Å²) in [7, 11) is 3.37. The fraction of sp³-hybridized carbons (Fsp3) is 0.667. The van der Waals surface area contributed by atoms with Gasteiger partial charge in [-0.25, -0.2) is 0 Å². The van der Waals surface area contributed by atoms with Crippen LogP contribution >= 0.6 is 0 Å². The molecule has 0 aliphatic rings. The van der Waals surface area contributed by atoms with E-state index in [1.165, 1.54) is 0 Å². The Morgan fingerprint density at radius 2 is 2.20 bits per heavy atom. The molecule has 0 radical (unpaired) electrons. The van der Waals surface area contributed by atoms with Crippen molar-refractivity contribution in [2.75, 3.05) is 14.1 Å². The number of nitrogens with one attached hydrogen (secondary N) is 1. The Balaban J connectivity index is 0. The van der Waals surface area contributed by atoms with Crippen LogP contribution in [0, 0.1) is 6.07 Å². The molecule has 0 fully saturated rings. The van der Waals surface area contributed by atoms with Crippen LogP contribution in [0.5, 0.6) is 0 Å². The first kappa shape index (κ1) is 11.5. The molecule has 10 heavy (non-hydrogen) atoms. The van der Waals surface area contributed by atoms with Crippen molar-refractivity contribution in [3.05, 3.63) is 4.95 Å². The first-order valence-electron chi connectivity index (χ1n) is 2.93. The van der Waals surface area contributed by atoms with Gasteiger partial charge in [-0.2, -0.15) is 0 Å². The third kappa shape index (κ3) is 30.1. The van der Waals surface area contributed by atoms with E-state index >= 15 is 0 Å². The Morgan fingerprint density at radius 1 is 1.60 bits per heavy atom. The SMILES string of the molecule is CC#[N+]NC.CC=[N+]=NC. The lowest BCUT2D eigenvalue weighted by Crippen LogP contribution is -1.85. The average Bonchev–Trinajstić information content (AvgIpc) is 1.93. The fourth-order valence-electron chi connectivity index (χ4n) is 0.227. The van der Waals surface area contributed by atoms with Crippen LogP contribution in [-0.2, 0) is 0 Å². The van der Waals surface area contributed by atoms with E-state index in [0.29, 0.717) is 0 Å². The lowest BCUT2D eigenvalue weighted by molar-refractivity contribution is -0.0779. The van der Waals surface area contributed by atoms with E-state index in [9.17, 15) is 0 Å². The van der Waals surface area contributed by atoms with Crippen molar-refractivity contribution in [3.63, 3.8) is 0 Å². The summed E-state index contributed by atoms with van der Waals surface area (Å²) in [4.78, 5) is 6.94. The lowest BCUT2D eigenvalue weighted by atomic mass is 10.9. The zero-order chi connectivity index (χ0) is 8.24. The van der Waals surface area contributed by atoms with Gasteiger partial charge in [0.2, 0.25) is 0 Å². The van der Waals surface area contributed by atoms with Crippen LogP contribution in [0.15, 0.2) is 5.11 Å². The third-order valence-corrected chi connectivity index (χ3v) is 0.455. The number of hydrogen-bond acceptors (Lipinski definition) is 2. The zero-order valence-corrected chi connectivity index (χ0v) is 6.92.